The standard InChI is InChI=1S/C24H24N2O/c27-24-16-22-21(12-7-13-23(22)25-24)14-15-26(17-19-8-3-1-4-9-19)18-20-10-5-2-6-11-20/h1-13H,14-18H2,(H,25,27). The normalized spacial score (nSPS) is 12.9. The van der Waals surface area contributed by atoms with Crippen molar-refractivity contribution in [2.24, 2.45) is 0 Å². The molecule has 3 aromatic carbocycles. The van der Waals surface area contributed by atoms with E-state index in [1.54, 1.807) is 0 Å². The van der Waals surface area contributed by atoms with Crippen molar-refractivity contribution in [1.82, 2.24) is 4.90 Å². The minimum Gasteiger partial charge on any atom is -0.326 e. The van der Waals surface area contributed by atoms with Crippen LogP contribution in [0.2, 0.25) is 0 Å². The Hall–Kier alpha value is -2.91. The minimum absolute atomic E-state index is 0.0999. The summed E-state index contributed by atoms with van der Waals surface area (Å²) in [5.74, 6) is 0.0999. The molecule has 1 N–H and O–H groups in total. The highest BCUT2D eigenvalue weighted by Crippen LogP contribution is 2.26. The number of carbonyl (C=O) groups excluding carboxylic acids is 1. The van der Waals surface area contributed by atoms with Gasteiger partial charge >= 0.3 is 0 Å². The van der Waals surface area contributed by atoms with Crippen molar-refractivity contribution >= 4 is 11.6 Å². The number of anilines is 1. The van der Waals surface area contributed by atoms with E-state index in [1.165, 1.54) is 22.3 Å². The quantitative estimate of drug-likeness (QED) is 0.679. The number of nitrogens with one attached hydrogen (secondary N) is 1. The lowest BCUT2D eigenvalue weighted by Crippen LogP contribution is -2.25. The Morgan fingerprint density at radius 3 is 2.04 bits per heavy atom. The topological polar surface area (TPSA) is 32.3 Å². The molecule has 1 aliphatic rings. The summed E-state index contributed by atoms with van der Waals surface area (Å²) in [6.45, 7) is 2.79. The lowest BCUT2D eigenvalue weighted by atomic mass is 10.0. The van der Waals surface area contributed by atoms with Crippen LogP contribution >= 0.6 is 0 Å². The second-order valence-corrected chi connectivity index (χ2v) is 7.10. The molecular formula is C24H24N2O. The number of benzene rings is 3. The van der Waals surface area contributed by atoms with Crippen molar-refractivity contribution in [3.8, 4) is 0 Å². The molecule has 136 valence electrons. The van der Waals surface area contributed by atoms with Crippen LogP contribution in [-0.4, -0.2) is 17.4 Å². The van der Waals surface area contributed by atoms with E-state index >= 15 is 0 Å². The van der Waals surface area contributed by atoms with Crippen molar-refractivity contribution in [2.45, 2.75) is 25.9 Å². The number of rotatable bonds is 7. The van der Waals surface area contributed by atoms with Crippen LogP contribution < -0.4 is 5.32 Å². The Morgan fingerprint density at radius 2 is 1.41 bits per heavy atom. The summed E-state index contributed by atoms with van der Waals surface area (Å²) in [7, 11) is 0. The molecule has 0 saturated carbocycles. The Morgan fingerprint density at radius 1 is 0.778 bits per heavy atom. The predicted molar refractivity (Wildman–Crippen MR) is 109 cm³/mol. The molecule has 0 aromatic heterocycles. The molecular weight excluding hydrogens is 332 g/mol. The highest BCUT2D eigenvalue weighted by atomic mass is 16.1. The lowest BCUT2D eigenvalue weighted by Gasteiger charge is -2.23. The van der Waals surface area contributed by atoms with E-state index in [-0.39, 0.29) is 5.91 Å². The van der Waals surface area contributed by atoms with Gasteiger partial charge in [-0.15, -0.1) is 0 Å². The van der Waals surface area contributed by atoms with Gasteiger partial charge in [-0.2, -0.15) is 0 Å². The number of amides is 1. The van der Waals surface area contributed by atoms with Gasteiger partial charge in [0.05, 0.1) is 6.42 Å². The Kier molecular flexibility index (Phi) is 5.31. The van der Waals surface area contributed by atoms with Gasteiger partial charge in [0.25, 0.3) is 0 Å². The number of hydrogen-bond donors (Lipinski definition) is 1. The monoisotopic (exact) mass is 356 g/mol. The van der Waals surface area contributed by atoms with E-state index in [0.717, 1.165) is 31.7 Å². The van der Waals surface area contributed by atoms with E-state index in [9.17, 15) is 4.79 Å². The second kappa shape index (κ2) is 8.19. The number of fused-ring (bicyclic) bond motifs is 1. The third-order valence-corrected chi connectivity index (χ3v) is 5.08. The molecule has 0 fully saturated rings. The molecule has 1 heterocycles. The van der Waals surface area contributed by atoms with Crippen molar-refractivity contribution < 1.29 is 4.79 Å². The van der Waals surface area contributed by atoms with Crippen LogP contribution in [0, 0.1) is 0 Å². The molecule has 1 aliphatic heterocycles. The SMILES string of the molecule is O=C1Cc2c(CCN(Cc3ccccc3)Cc3ccccc3)cccc2N1. The molecule has 4 rings (SSSR count). The van der Waals surface area contributed by atoms with Gasteiger partial charge in [0.2, 0.25) is 5.91 Å². The number of hydrogen-bond acceptors (Lipinski definition) is 2. The zero-order chi connectivity index (χ0) is 18.5. The summed E-state index contributed by atoms with van der Waals surface area (Å²) in [4.78, 5) is 14.2. The lowest BCUT2D eigenvalue weighted by molar-refractivity contribution is -0.115. The summed E-state index contributed by atoms with van der Waals surface area (Å²) >= 11 is 0. The second-order valence-electron chi connectivity index (χ2n) is 7.10. The molecule has 0 unspecified atom stereocenters. The summed E-state index contributed by atoms with van der Waals surface area (Å²) < 4.78 is 0. The molecule has 3 nitrogen and oxygen atoms in total. The van der Waals surface area contributed by atoms with Gasteiger partial charge in [0, 0.05) is 25.3 Å². The maximum atomic E-state index is 11.8. The summed E-state index contributed by atoms with van der Waals surface area (Å²) in [5.41, 5.74) is 6.07. The van der Waals surface area contributed by atoms with Crippen LogP contribution in [0.4, 0.5) is 5.69 Å². The van der Waals surface area contributed by atoms with E-state index in [0.29, 0.717) is 6.42 Å². The van der Waals surface area contributed by atoms with Crippen LogP contribution in [0.1, 0.15) is 22.3 Å². The number of nitrogens with zero attached hydrogens (tertiary/aromatic N) is 1. The van der Waals surface area contributed by atoms with Crippen LogP contribution in [0.3, 0.4) is 0 Å². The van der Waals surface area contributed by atoms with Crippen LogP contribution in [0.25, 0.3) is 0 Å². The maximum absolute atomic E-state index is 11.8. The van der Waals surface area contributed by atoms with Crippen LogP contribution in [-0.2, 0) is 30.7 Å². The first-order valence-corrected chi connectivity index (χ1v) is 9.49. The Bertz CT molecular complexity index is 865. The van der Waals surface area contributed by atoms with Gasteiger partial charge in [-0.1, -0.05) is 72.8 Å². The highest BCUT2D eigenvalue weighted by molar-refractivity contribution is 5.99. The fourth-order valence-corrected chi connectivity index (χ4v) is 3.73. The van der Waals surface area contributed by atoms with Crippen LogP contribution in [0.15, 0.2) is 78.9 Å². The van der Waals surface area contributed by atoms with Gasteiger partial charge in [-0.3, -0.25) is 9.69 Å². The largest absolute Gasteiger partial charge is 0.326 e. The third kappa shape index (κ3) is 4.44. The summed E-state index contributed by atoms with van der Waals surface area (Å²) in [5, 5.41) is 2.95. The Balaban J connectivity index is 1.49. The van der Waals surface area contributed by atoms with Gasteiger partial charge in [0.1, 0.15) is 0 Å². The van der Waals surface area contributed by atoms with Crippen molar-refractivity contribution in [3.63, 3.8) is 0 Å². The molecule has 3 heteroatoms. The molecule has 27 heavy (non-hydrogen) atoms. The molecule has 0 saturated heterocycles. The fourth-order valence-electron chi connectivity index (χ4n) is 3.73. The van der Waals surface area contributed by atoms with Crippen LogP contribution in [0.5, 0.6) is 0 Å². The smallest absolute Gasteiger partial charge is 0.228 e. The summed E-state index contributed by atoms with van der Waals surface area (Å²) in [6, 6.07) is 27.4. The molecule has 0 bridgehead atoms. The predicted octanol–water partition coefficient (Wildman–Crippen LogP) is 4.43. The molecule has 1 amide bonds. The molecule has 0 radical (unpaired) electrons. The van der Waals surface area contributed by atoms with E-state index in [4.69, 9.17) is 0 Å². The molecule has 0 aliphatic carbocycles. The first kappa shape index (κ1) is 17.5. The minimum atomic E-state index is 0.0999. The van der Waals surface area contributed by atoms with Crippen molar-refractivity contribution in [3.05, 3.63) is 101 Å². The first-order chi connectivity index (χ1) is 13.3. The van der Waals surface area contributed by atoms with E-state index in [2.05, 4.69) is 76.9 Å². The zero-order valence-electron chi connectivity index (χ0n) is 15.4. The van der Waals surface area contributed by atoms with Crippen molar-refractivity contribution in [1.29, 1.82) is 0 Å². The Labute approximate surface area is 160 Å². The molecule has 0 spiro atoms. The van der Waals surface area contributed by atoms with Gasteiger partial charge < -0.3 is 5.32 Å². The third-order valence-electron chi connectivity index (χ3n) is 5.08. The van der Waals surface area contributed by atoms with Crippen molar-refractivity contribution in [2.75, 3.05) is 11.9 Å². The fraction of sp³-hybridized carbons (Fsp3) is 0.208. The van der Waals surface area contributed by atoms with Gasteiger partial charge in [-0.25, -0.2) is 0 Å². The van der Waals surface area contributed by atoms with E-state index in [1.807, 2.05) is 12.1 Å². The zero-order valence-corrected chi connectivity index (χ0v) is 15.4. The van der Waals surface area contributed by atoms with Gasteiger partial charge in [-0.05, 0) is 34.7 Å². The average molecular weight is 356 g/mol. The average Bonchev–Trinajstić information content (AvgIpc) is 3.08. The van der Waals surface area contributed by atoms with E-state index < -0.39 is 0 Å². The molecule has 0 atom stereocenters. The van der Waals surface area contributed by atoms with Gasteiger partial charge in [0.15, 0.2) is 0 Å². The number of carbonyl (C=O) groups is 1. The molecule has 3 aromatic rings. The first-order valence-electron chi connectivity index (χ1n) is 9.49. The maximum Gasteiger partial charge on any atom is 0.228 e. The summed E-state index contributed by atoms with van der Waals surface area (Å²) in [6.07, 6.45) is 1.45. The highest BCUT2D eigenvalue weighted by Gasteiger charge is 2.20.